The highest BCUT2D eigenvalue weighted by atomic mass is 16.6. The van der Waals surface area contributed by atoms with Crippen LogP contribution < -0.4 is 10.6 Å². The van der Waals surface area contributed by atoms with Gasteiger partial charge in [-0.15, -0.1) is 0 Å². The summed E-state index contributed by atoms with van der Waals surface area (Å²) in [6.45, 7) is 8.20. The second-order valence-electron chi connectivity index (χ2n) is 10.1. The van der Waals surface area contributed by atoms with Crippen LogP contribution in [0.3, 0.4) is 0 Å². The molecule has 37 heavy (non-hydrogen) atoms. The molecule has 2 atom stereocenters. The Balaban J connectivity index is 1.92. The molecular weight excluding hydrogens is 470 g/mol. The number of nitrogens with one attached hydrogen (secondary N) is 2. The summed E-state index contributed by atoms with van der Waals surface area (Å²) >= 11 is 0. The lowest BCUT2D eigenvalue weighted by molar-refractivity contribution is -0.139. The third-order valence-electron chi connectivity index (χ3n) is 5.90. The molecule has 8 nitrogen and oxygen atoms in total. The lowest BCUT2D eigenvalue weighted by Gasteiger charge is -2.32. The van der Waals surface area contributed by atoms with Crippen LogP contribution in [0.5, 0.6) is 0 Å². The largest absolute Gasteiger partial charge is 0.444 e. The fourth-order valence-corrected chi connectivity index (χ4v) is 4.07. The van der Waals surface area contributed by atoms with E-state index in [1.165, 1.54) is 11.9 Å². The first-order valence-electron chi connectivity index (χ1n) is 12.1. The van der Waals surface area contributed by atoms with Crippen molar-refractivity contribution in [2.24, 2.45) is 0 Å². The van der Waals surface area contributed by atoms with Crippen LogP contribution in [-0.2, 0) is 14.3 Å². The number of anilines is 1. The molecule has 3 N–H and O–H groups in total. The summed E-state index contributed by atoms with van der Waals surface area (Å²) in [5, 5.41) is 17.3. The molecule has 0 aliphatic rings. The Morgan fingerprint density at radius 1 is 0.973 bits per heavy atom. The van der Waals surface area contributed by atoms with Gasteiger partial charge in [0.2, 0.25) is 5.91 Å². The van der Waals surface area contributed by atoms with Gasteiger partial charge in [0.25, 0.3) is 5.91 Å². The maximum atomic E-state index is 13.7. The van der Waals surface area contributed by atoms with Crippen molar-refractivity contribution in [2.75, 3.05) is 19.0 Å². The molecule has 0 heterocycles. The maximum absolute atomic E-state index is 13.7. The van der Waals surface area contributed by atoms with Crippen LogP contribution in [-0.4, -0.2) is 53.2 Å². The van der Waals surface area contributed by atoms with Gasteiger partial charge >= 0.3 is 6.09 Å². The molecule has 0 aliphatic heterocycles. The number of hydrogen-bond donors (Lipinski definition) is 3. The van der Waals surface area contributed by atoms with Gasteiger partial charge in [-0.25, -0.2) is 4.79 Å². The predicted molar refractivity (Wildman–Crippen MR) is 144 cm³/mol. The first-order valence-corrected chi connectivity index (χ1v) is 12.1. The monoisotopic (exact) mass is 505 g/mol. The normalized spacial score (nSPS) is 12.9. The smallest absolute Gasteiger partial charge is 0.408 e. The first-order chi connectivity index (χ1) is 17.4. The number of ether oxygens (including phenoxy) is 1. The summed E-state index contributed by atoms with van der Waals surface area (Å²) in [5.41, 5.74) is 2.20. The summed E-state index contributed by atoms with van der Waals surface area (Å²) < 4.78 is 5.23. The predicted octanol–water partition coefficient (Wildman–Crippen LogP) is 4.48. The van der Waals surface area contributed by atoms with E-state index in [1.54, 1.807) is 20.8 Å². The van der Waals surface area contributed by atoms with Crippen LogP contribution >= 0.6 is 0 Å². The van der Waals surface area contributed by atoms with Crippen LogP contribution in [0.1, 0.15) is 43.5 Å². The molecule has 0 radical (unpaired) electrons. The second-order valence-corrected chi connectivity index (χ2v) is 10.1. The summed E-state index contributed by atoms with van der Waals surface area (Å²) in [7, 11) is 1.48. The molecule has 0 spiro atoms. The van der Waals surface area contributed by atoms with E-state index in [4.69, 9.17) is 4.74 Å². The molecule has 3 aromatic carbocycles. The van der Waals surface area contributed by atoms with E-state index in [0.717, 1.165) is 21.9 Å². The van der Waals surface area contributed by atoms with Crippen LogP contribution in [0.4, 0.5) is 10.5 Å². The zero-order valence-electron chi connectivity index (χ0n) is 22.2. The van der Waals surface area contributed by atoms with E-state index in [0.29, 0.717) is 11.3 Å². The highest BCUT2D eigenvalue weighted by Gasteiger charge is 2.34. The number of rotatable bonds is 7. The van der Waals surface area contributed by atoms with Gasteiger partial charge < -0.3 is 25.4 Å². The Hall–Kier alpha value is -3.91. The van der Waals surface area contributed by atoms with Crippen molar-refractivity contribution in [1.29, 1.82) is 0 Å². The molecule has 0 aliphatic carbocycles. The Kier molecular flexibility index (Phi) is 8.55. The number of aryl methyl sites for hydroxylation is 2. The summed E-state index contributed by atoms with van der Waals surface area (Å²) in [6, 6.07) is 16.8. The number of nitrogens with zero attached hydrogens (tertiary/aromatic N) is 1. The SMILES string of the molecule is Cc1ccc(C)c(C(C(=O)Nc2ccc3ccccc3c2)N(C)C(=O)C(CO)NC(=O)OC(C)(C)C)c1. The number of likely N-dealkylation sites (N-methyl/N-ethyl adjacent to an activating group) is 1. The van der Waals surface area contributed by atoms with Crippen LogP contribution in [0.15, 0.2) is 60.7 Å². The van der Waals surface area contributed by atoms with Gasteiger partial charge in [0.05, 0.1) is 6.61 Å². The molecule has 196 valence electrons. The first kappa shape index (κ1) is 27.7. The van der Waals surface area contributed by atoms with Gasteiger partial charge in [0.1, 0.15) is 17.7 Å². The van der Waals surface area contributed by atoms with E-state index in [1.807, 2.05) is 74.5 Å². The number of amides is 3. The zero-order valence-corrected chi connectivity index (χ0v) is 22.2. The molecule has 3 amide bonds. The van der Waals surface area contributed by atoms with Crippen molar-refractivity contribution in [3.8, 4) is 0 Å². The molecule has 0 aromatic heterocycles. The van der Waals surface area contributed by atoms with Gasteiger partial charge in [-0.2, -0.15) is 0 Å². The van der Waals surface area contributed by atoms with Crippen molar-refractivity contribution in [3.63, 3.8) is 0 Å². The van der Waals surface area contributed by atoms with Gasteiger partial charge in [-0.1, -0.05) is 54.1 Å². The summed E-state index contributed by atoms with van der Waals surface area (Å²) in [5.74, 6) is -1.05. The number of fused-ring (bicyclic) bond motifs is 1. The average Bonchev–Trinajstić information content (AvgIpc) is 2.83. The summed E-state index contributed by atoms with van der Waals surface area (Å²) in [4.78, 5) is 40.7. The van der Waals surface area contributed by atoms with Crippen molar-refractivity contribution in [1.82, 2.24) is 10.2 Å². The molecular formula is C29H35N3O5. The highest BCUT2D eigenvalue weighted by molar-refractivity contribution is 6.00. The van der Waals surface area contributed by atoms with Gasteiger partial charge in [-0.3, -0.25) is 9.59 Å². The van der Waals surface area contributed by atoms with E-state index < -0.39 is 42.2 Å². The molecule has 0 saturated carbocycles. The van der Waals surface area contributed by atoms with E-state index in [-0.39, 0.29) is 0 Å². The lowest BCUT2D eigenvalue weighted by atomic mass is 9.96. The van der Waals surface area contributed by atoms with Crippen LogP contribution in [0.2, 0.25) is 0 Å². The zero-order chi connectivity index (χ0) is 27.3. The number of aliphatic hydroxyl groups is 1. The van der Waals surface area contributed by atoms with Crippen molar-refractivity contribution < 1.29 is 24.2 Å². The summed E-state index contributed by atoms with van der Waals surface area (Å²) in [6.07, 6.45) is -0.836. The van der Waals surface area contributed by atoms with Crippen LogP contribution in [0.25, 0.3) is 10.8 Å². The minimum Gasteiger partial charge on any atom is -0.444 e. The number of aliphatic hydroxyl groups excluding tert-OH is 1. The van der Waals surface area contributed by atoms with Gasteiger partial charge in [0, 0.05) is 12.7 Å². The molecule has 3 aromatic rings. The van der Waals surface area contributed by atoms with Crippen molar-refractivity contribution in [2.45, 2.75) is 52.3 Å². The molecule has 8 heteroatoms. The molecule has 0 bridgehead atoms. The minimum atomic E-state index is -1.29. The van der Waals surface area contributed by atoms with Crippen molar-refractivity contribution >= 4 is 34.4 Å². The quantitative estimate of drug-likeness (QED) is 0.439. The Bertz CT molecular complexity index is 1300. The fraction of sp³-hybridized carbons (Fsp3) is 0.345. The maximum Gasteiger partial charge on any atom is 0.408 e. The molecule has 0 fully saturated rings. The molecule has 0 saturated heterocycles. The number of carbonyl (C=O) groups excluding carboxylic acids is 3. The van der Waals surface area contributed by atoms with E-state index >= 15 is 0 Å². The Labute approximate surface area is 217 Å². The standard InChI is InChI=1S/C29H35N3O5/c1-18-11-12-19(2)23(15-18)25(26(34)30-22-14-13-20-9-7-8-10-21(20)16-22)32(6)27(35)24(17-33)31-28(36)37-29(3,4)5/h7-16,24-25,33H,17H2,1-6H3,(H,30,34)(H,31,36). The lowest BCUT2D eigenvalue weighted by Crippen LogP contribution is -2.52. The molecule has 2 unspecified atom stereocenters. The van der Waals surface area contributed by atoms with E-state index in [9.17, 15) is 19.5 Å². The minimum absolute atomic E-state index is 0.422. The second kappa shape index (κ2) is 11.4. The van der Waals surface area contributed by atoms with Gasteiger partial charge in [-0.05, 0) is 68.7 Å². The third kappa shape index (κ3) is 7.07. The topological polar surface area (TPSA) is 108 Å². The molecule has 3 rings (SSSR count). The number of benzene rings is 3. The number of hydrogen-bond acceptors (Lipinski definition) is 5. The van der Waals surface area contributed by atoms with E-state index in [2.05, 4.69) is 10.6 Å². The number of alkyl carbamates (subject to hydrolysis) is 1. The third-order valence-corrected chi connectivity index (χ3v) is 5.90. The number of carbonyl (C=O) groups is 3. The average molecular weight is 506 g/mol. The van der Waals surface area contributed by atoms with Crippen LogP contribution in [0, 0.1) is 13.8 Å². The van der Waals surface area contributed by atoms with Crippen molar-refractivity contribution in [3.05, 3.63) is 77.4 Å². The van der Waals surface area contributed by atoms with Gasteiger partial charge in [0.15, 0.2) is 0 Å². The highest BCUT2D eigenvalue weighted by Crippen LogP contribution is 2.27. The Morgan fingerprint density at radius 2 is 1.65 bits per heavy atom. The Morgan fingerprint density at radius 3 is 2.30 bits per heavy atom. The fourth-order valence-electron chi connectivity index (χ4n) is 4.07.